The van der Waals surface area contributed by atoms with Crippen molar-refractivity contribution >= 4 is 28.5 Å². The van der Waals surface area contributed by atoms with E-state index in [2.05, 4.69) is 28.1 Å². The SMILES string of the molecule is CCOc1cc([C@H]2Nc3ccccc3NC3=C2C(=O)C[C@H](c2cccs2)C3)ccc1OC. The van der Waals surface area contributed by atoms with E-state index in [9.17, 15) is 4.79 Å². The summed E-state index contributed by atoms with van der Waals surface area (Å²) in [6.45, 7) is 2.49. The molecule has 2 heterocycles. The average molecular weight is 447 g/mol. The number of methoxy groups -OCH3 is 1. The molecule has 2 aromatic carbocycles. The van der Waals surface area contributed by atoms with Crippen molar-refractivity contribution in [1.82, 2.24) is 0 Å². The Hall–Kier alpha value is -3.25. The molecule has 164 valence electrons. The van der Waals surface area contributed by atoms with Crippen LogP contribution >= 0.6 is 11.3 Å². The first-order valence-corrected chi connectivity index (χ1v) is 11.8. The Morgan fingerprint density at radius 3 is 2.62 bits per heavy atom. The molecule has 1 aliphatic heterocycles. The summed E-state index contributed by atoms with van der Waals surface area (Å²) in [6.07, 6.45) is 1.33. The van der Waals surface area contributed by atoms with Crippen LogP contribution in [0.2, 0.25) is 0 Å². The molecule has 2 aliphatic rings. The fourth-order valence-electron chi connectivity index (χ4n) is 4.61. The van der Waals surface area contributed by atoms with Crippen LogP contribution in [0.3, 0.4) is 0 Å². The first-order chi connectivity index (χ1) is 15.7. The second-order valence-corrected chi connectivity index (χ2v) is 9.01. The highest BCUT2D eigenvalue weighted by molar-refractivity contribution is 7.10. The number of hydrogen-bond acceptors (Lipinski definition) is 6. The van der Waals surface area contributed by atoms with Crippen LogP contribution in [-0.2, 0) is 4.79 Å². The van der Waals surface area contributed by atoms with Gasteiger partial charge < -0.3 is 20.1 Å². The lowest BCUT2D eigenvalue weighted by Gasteiger charge is -2.29. The van der Waals surface area contributed by atoms with Gasteiger partial charge in [0.15, 0.2) is 17.3 Å². The van der Waals surface area contributed by atoms with E-state index in [1.807, 2.05) is 49.4 Å². The molecule has 2 N–H and O–H groups in total. The van der Waals surface area contributed by atoms with Gasteiger partial charge in [0.1, 0.15) is 0 Å². The Bertz CT molecular complexity index is 1170. The molecule has 1 aromatic heterocycles. The monoisotopic (exact) mass is 446 g/mol. The van der Waals surface area contributed by atoms with Gasteiger partial charge in [-0.2, -0.15) is 0 Å². The van der Waals surface area contributed by atoms with Gasteiger partial charge in [0.25, 0.3) is 0 Å². The number of carbonyl (C=O) groups is 1. The second-order valence-electron chi connectivity index (χ2n) is 8.03. The third kappa shape index (κ3) is 3.75. The number of nitrogens with one attached hydrogen (secondary N) is 2. The van der Waals surface area contributed by atoms with Crippen LogP contribution in [-0.4, -0.2) is 19.5 Å². The minimum Gasteiger partial charge on any atom is -0.493 e. The van der Waals surface area contributed by atoms with Crippen molar-refractivity contribution in [2.24, 2.45) is 0 Å². The van der Waals surface area contributed by atoms with Crippen LogP contribution in [0.4, 0.5) is 11.4 Å². The van der Waals surface area contributed by atoms with Crippen molar-refractivity contribution in [1.29, 1.82) is 0 Å². The molecule has 0 saturated carbocycles. The summed E-state index contributed by atoms with van der Waals surface area (Å²) in [4.78, 5) is 14.8. The molecule has 5 rings (SSSR count). The maximum absolute atomic E-state index is 13.6. The van der Waals surface area contributed by atoms with E-state index in [1.54, 1.807) is 18.4 Å². The molecule has 0 spiro atoms. The fourth-order valence-corrected chi connectivity index (χ4v) is 5.44. The minimum absolute atomic E-state index is 0.177. The summed E-state index contributed by atoms with van der Waals surface area (Å²) >= 11 is 1.72. The number of para-hydroxylation sites is 2. The number of Topliss-reactive ketones (excluding diaryl/α,β-unsaturated/α-hetero) is 1. The number of allylic oxidation sites excluding steroid dienone is 1. The van der Waals surface area contributed by atoms with Crippen LogP contribution < -0.4 is 20.1 Å². The molecule has 0 fully saturated rings. The zero-order chi connectivity index (χ0) is 22.1. The lowest BCUT2D eigenvalue weighted by Crippen LogP contribution is -2.26. The summed E-state index contributed by atoms with van der Waals surface area (Å²) < 4.78 is 11.3. The molecule has 32 heavy (non-hydrogen) atoms. The molecule has 1 aliphatic carbocycles. The number of ketones is 1. The predicted octanol–water partition coefficient (Wildman–Crippen LogP) is 6.13. The third-order valence-electron chi connectivity index (χ3n) is 6.08. The highest BCUT2D eigenvalue weighted by Gasteiger charge is 2.36. The van der Waals surface area contributed by atoms with Crippen LogP contribution in [0.1, 0.15) is 42.2 Å². The van der Waals surface area contributed by atoms with Crippen molar-refractivity contribution in [3.63, 3.8) is 0 Å². The molecule has 3 aromatic rings. The van der Waals surface area contributed by atoms with Crippen LogP contribution in [0, 0.1) is 0 Å². The molecular formula is C26H26N2O3S. The standard InChI is InChI=1S/C26H26N2O3S/c1-3-31-23-15-16(10-11-22(23)30-2)26-25-20(27-18-7-4-5-8-19(18)28-26)13-17(14-21(25)29)24-9-6-12-32-24/h4-12,15,17,26-28H,3,13-14H2,1-2H3/t17-,26-/m1/s1. The summed E-state index contributed by atoms with van der Waals surface area (Å²) in [5, 5.41) is 9.30. The van der Waals surface area contributed by atoms with E-state index in [0.29, 0.717) is 24.5 Å². The number of rotatable bonds is 5. The van der Waals surface area contributed by atoms with E-state index < -0.39 is 0 Å². The van der Waals surface area contributed by atoms with Crippen molar-refractivity contribution in [2.75, 3.05) is 24.4 Å². The van der Waals surface area contributed by atoms with Gasteiger partial charge >= 0.3 is 0 Å². The van der Waals surface area contributed by atoms with Gasteiger partial charge in [-0.05, 0) is 54.6 Å². The summed E-state index contributed by atoms with van der Waals surface area (Å²) in [5.74, 6) is 1.75. The summed E-state index contributed by atoms with van der Waals surface area (Å²) in [6, 6.07) is 17.9. The number of anilines is 2. The number of fused-ring (bicyclic) bond motifs is 1. The number of hydrogen-bond donors (Lipinski definition) is 2. The van der Waals surface area contributed by atoms with Crippen molar-refractivity contribution in [3.8, 4) is 11.5 Å². The van der Waals surface area contributed by atoms with E-state index in [1.165, 1.54) is 4.88 Å². The molecule has 0 amide bonds. The molecule has 0 radical (unpaired) electrons. The van der Waals surface area contributed by atoms with Crippen LogP contribution in [0.5, 0.6) is 11.5 Å². The van der Waals surface area contributed by atoms with E-state index >= 15 is 0 Å². The molecule has 0 saturated heterocycles. The molecule has 5 nitrogen and oxygen atoms in total. The Morgan fingerprint density at radius 2 is 1.88 bits per heavy atom. The number of benzene rings is 2. The second kappa shape index (κ2) is 8.71. The highest BCUT2D eigenvalue weighted by Crippen LogP contribution is 2.45. The molecule has 2 atom stereocenters. The van der Waals surface area contributed by atoms with Gasteiger partial charge in [0, 0.05) is 28.5 Å². The largest absolute Gasteiger partial charge is 0.493 e. The van der Waals surface area contributed by atoms with Crippen molar-refractivity contribution < 1.29 is 14.3 Å². The number of ether oxygens (including phenoxy) is 2. The first-order valence-electron chi connectivity index (χ1n) is 10.9. The normalized spacial score (nSPS) is 19.9. The minimum atomic E-state index is -0.275. The van der Waals surface area contributed by atoms with Crippen molar-refractivity contribution in [2.45, 2.75) is 31.7 Å². The maximum atomic E-state index is 13.6. The predicted molar refractivity (Wildman–Crippen MR) is 129 cm³/mol. The van der Waals surface area contributed by atoms with Gasteiger partial charge in [-0.25, -0.2) is 0 Å². The summed E-state index contributed by atoms with van der Waals surface area (Å²) in [7, 11) is 1.64. The quantitative estimate of drug-likeness (QED) is 0.493. The van der Waals surface area contributed by atoms with Gasteiger partial charge in [-0.15, -0.1) is 11.3 Å². The van der Waals surface area contributed by atoms with E-state index in [-0.39, 0.29) is 17.7 Å². The molecule has 0 unspecified atom stereocenters. The molecular weight excluding hydrogens is 420 g/mol. The van der Waals surface area contributed by atoms with Gasteiger partial charge in [-0.3, -0.25) is 4.79 Å². The zero-order valence-electron chi connectivity index (χ0n) is 18.2. The third-order valence-corrected chi connectivity index (χ3v) is 7.11. The Morgan fingerprint density at radius 1 is 1.03 bits per heavy atom. The highest BCUT2D eigenvalue weighted by atomic mass is 32.1. The van der Waals surface area contributed by atoms with Crippen molar-refractivity contribution in [3.05, 3.63) is 81.7 Å². The summed E-state index contributed by atoms with van der Waals surface area (Å²) in [5.41, 5.74) is 4.74. The number of carbonyl (C=O) groups excluding carboxylic acids is 1. The maximum Gasteiger partial charge on any atom is 0.163 e. The lowest BCUT2D eigenvalue weighted by atomic mass is 9.80. The van der Waals surface area contributed by atoms with E-state index in [4.69, 9.17) is 9.47 Å². The first kappa shape index (κ1) is 20.6. The lowest BCUT2D eigenvalue weighted by molar-refractivity contribution is -0.116. The average Bonchev–Trinajstić information content (AvgIpc) is 3.28. The van der Waals surface area contributed by atoms with Gasteiger partial charge in [0.2, 0.25) is 0 Å². The Kier molecular flexibility index (Phi) is 5.62. The molecule has 0 bridgehead atoms. The van der Waals surface area contributed by atoms with E-state index in [0.717, 1.165) is 34.6 Å². The smallest absolute Gasteiger partial charge is 0.163 e. The zero-order valence-corrected chi connectivity index (χ0v) is 19.0. The number of thiophene rings is 1. The Balaban J connectivity index is 1.62. The fraction of sp³-hybridized carbons (Fsp3) is 0.269. The van der Waals surface area contributed by atoms with Gasteiger partial charge in [-0.1, -0.05) is 24.3 Å². The van der Waals surface area contributed by atoms with Crippen LogP contribution in [0.15, 0.2) is 71.2 Å². The Labute approximate surface area is 192 Å². The van der Waals surface area contributed by atoms with Gasteiger partial charge in [0.05, 0.1) is 31.1 Å². The molecule has 6 heteroatoms. The topological polar surface area (TPSA) is 59.6 Å². The van der Waals surface area contributed by atoms with Crippen LogP contribution in [0.25, 0.3) is 0 Å².